The van der Waals surface area contributed by atoms with Gasteiger partial charge in [-0.2, -0.15) is 9.78 Å². The number of halogens is 2. The Morgan fingerprint density at radius 1 is 1.17 bits per heavy atom. The number of carbonyl (C=O) groups is 1. The fourth-order valence-corrected chi connectivity index (χ4v) is 4.11. The molecule has 0 amide bonds. The molecule has 3 aromatic carbocycles. The molecule has 0 bridgehead atoms. The van der Waals surface area contributed by atoms with Gasteiger partial charge >= 0.3 is 5.97 Å². The molecule has 0 saturated carbocycles. The number of fused-ring (bicyclic) bond motifs is 1. The molecular formula is C27H23BrClN3O4. The molecule has 0 radical (unpaired) electrons. The smallest absolute Gasteiger partial charge is 0.335 e. The molecule has 0 atom stereocenters. The Kier molecular flexibility index (Phi) is 7.28. The summed E-state index contributed by atoms with van der Waals surface area (Å²) in [5, 5.41) is 14.6. The Balaban J connectivity index is 1.73. The van der Waals surface area contributed by atoms with E-state index in [-0.39, 0.29) is 17.7 Å². The van der Waals surface area contributed by atoms with Gasteiger partial charge in [-0.05, 0) is 54.1 Å². The van der Waals surface area contributed by atoms with E-state index in [1.54, 1.807) is 48.5 Å². The van der Waals surface area contributed by atoms with Gasteiger partial charge in [-0.1, -0.05) is 60.4 Å². The van der Waals surface area contributed by atoms with Crippen LogP contribution >= 0.6 is 27.5 Å². The van der Waals surface area contributed by atoms with Crippen LogP contribution < -0.4 is 10.3 Å². The summed E-state index contributed by atoms with van der Waals surface area (Å²) in [6, 6.07) is 17.0. The molecule has 1 aromatic heterocycles. The Morgan fingerprint density at radius 3 is 2.67 bits per heavy atom. The van der Waals surface area contributed by atoms with Crippen LogP contribution in [-0.4, -0.2) is 27.0 Å². The summed E-state index contributed by atoms with van der Waals surface area (Å²) >= 11 is 9.65. The maximum absolute atomic E-state index is 13.4. The zero-order valence-electron chi connectivity index (χ0n) is 19.8. The molecular weight excluding hydrogens is 546 g/mol. The maximum Gasteiger partial charge on any atom is 0.335 e. The average Bonchev–Trinajstić information content (AvgIpc) is 2.82. The first kappa shape index (κ1) is 25.6. The van der Waals surface area contributed by atoms with E-state index in [0.29, 0.717) is 38.6 Å². The van der Waals surface area contributed by atoms with Crippen molar-refractivity contribution in [2.45, 2.75) is 32.8 Å². The summed E-state index contributed by atoms with van der Waals surface area (Å²) in [4.78, 5) is 29.4. The minimum atomic E-state index is -1.01. The normalized spacial score (nSPS) is 11.8. The molecule has 7 nitrogen and oxygen atoms in total. The minimum absolute atomic E-state index is 0.141. The van der Waals surface area contributed by atoms with E-state index >= 15 is 0 Å². The number of hydrogen-bond acceptors (Lipinski definition) is 5. The molecule has 1 N–H and O–H groups in total. The lowest BCUT2D eigenvalue weighted by Crippen LogP contribution is -2.29. The highest BCUT2D eigenvalue weighted by atomic mass is 79.9. The van der Waals surface area contributed by atoms with Crippen LogP contribution in [0.4, 0.5) is 0 Å². The van der Waals surface area contributed by atoms with Crippen LogP contribution in [0.2, 0.25) is 5.02 Å². The number of carboxylic acid groups (broad SMARTS) is 1. The standard InChI is InChI=1S/C27H23BrClN3O4/c1-27(2,3)26-31-22-9-7-19(28)13-21(22)24(33)32(26)30-14-18-12-20(29)8-10-23(18)36-15-16-5-4-6-17(11-16)25(34)35/h4-14H,15H2,1-3H3,(H,34,35). The van der Waals surface area contributed by atoms with Gasteiger partial charge in [0.15, 0.2) is 0 Å². The molecule has 0 aliphatic rings. The van der Waals surface area contributed by atoms with Crippen molar-refractivity contribution in [1.29, 1.82) is 0 Å². The SMILES string of the molecule is CC(C)(C)c1nc2ccc(Br)cc2c(=O)n1N=Cc1cc(Cl)ccc1OCc1cccc(C(=O)O)c1. The Labute approximate surface area is 221 Å². The molecule has 0 aliphatic carbocycles. The quantitative estimate of drug-likeness (QED) is 0.277. The van der Waals surface area contributed by atoms with Crippen molar-refractivity contribution in [2.75, 3.05) is 0 Å². The number of aromatic carboxylic acids is 1. The molecule has 0 saturated heterocycles. The molecule has 0 spiro atoms. The maximum atomic E-state index is 13.4. The lowest BCUT2D eigenvalue weighted by atomic mass is 9.95. The topological polar surface area (TPSA) is 93.8 Å². The Hall–Kier alpha value is -3.49. The Morgan fingerprint density at radius 2 is 1.94 bits per heavy atom. The number of ether oxygens (including phenoxy) is 1. The second-order valence-corrected chi connectivity index (χ2v) is 10.5. The molecule has 4 rings (SSSR count). The molecule has 4 aromatic rings. The third-order valence-corrected chi connectivity index (χ3v) is 6.06. The van der Waals surface area contributed by atoms with Gasteiger partial charge in [-0.15, -0.1) is 0 Å². The lowest BCUT2D eigenvalue weighted by Gasteiger charge is -2.21. The summed E-state index contributed by atoms with van der Waals surface area (Å²) in [7, 11) is 0. The van der Waals surface area contributed by atoms with Crippen LogP contribution in [0, 0.1) is 0 Å². The van der Waals surface area contributed by atoms with Gasteiger partial charge in [0.25, 0.3) is 5.56 Å². The van der Waals surface area contributed by atoms with Crippen molar-refractivity contribution < 1.29 is 14.6 Å². The van der Waals surface area contributed by atoms with E-state index in [9.17, 15) is 14.7 Å². The Bertz CT molecular complexity index is 1560. The van der Waals surface area contributed by atoms with Crippen molar-refractivity contribution in [3.8, 4) is 5.75 Å². The van der Waals surface area contributed by atoms with E-state index in [2.05, 4.69) is 21.0 Å². The van der Waals surface area contributed by atoms with E-state index in [1.165, 1.54) is 17.0 Å². The van der Waals surface area contributed by atoms with E-state index in [1.807, 2.05) is 26.8 Å². The first-order valence-corrected chi connectivity index (χ1v) is 12.2. The van der Waals surface area contributed by atoms with Gasteiger partial charge in [0.05, 0.1) is 22.7 Å². The molecule has 36 heavy (non-hydrogen) atoms. The molecule has 0 unspecified atom stereocenters. The lowest BCUT2D eigenvalue weighted by molar-refractivity contribution is 0.0696. The highest BCUT2D eigenvalue weighted by molar-refractivity contribution is 9.10. The fourth-order valence-electron chi connectivity index (χ4n) is 3.57. The third kappa shape index (κ3) is 5.66. The second kappa shape index (κ2) is 10.2. The van der Waals surface area contributed by atoms with Gasteiger partial charge in [0, 0.05) is 20.5 Å². The van der Waals surface area contributed by atoms with Crippen LogP contribution in [0.3, 0.4) is 0 Å². The largest absolute Gasteiger partial charge is 0.488 e. The predicted octanol–water partition coefficient (Wildman–Crippen LogP) is 6.27. The molecule has 0 fully saturated rings. The number of aromatic nitrogens is 2. The molecule has 1 heterocycles. The number of rotatable bonds is 6. The number of nitrogens with zero attached hydrogens (tertiary/aromatic N) is 3. The monoisotopic (exact) mass is 567 g/mol. The zero-order chi connectivity index (χ0) is 26.0. The van der Waals surface area contributed by atoms with Crippen LogP contribution in [0.15, 0.2) is 75.0 Å². The molecule has 184 valence electrons. The van der Waals surface area contributed by atoms with Crippen molar-refractivity contribution in [3.05, 3.63) is 103 Å². The summed E-state index contributed by atoms with van der Waals surface area (Å²) in [6.07, 6.45) is 1.51. The summed E-state index contributed by atoms with van der Waals surface area (Å²) in [6.45, 7) is 6.03. The third-order valence-electron chi connectivity index (χ3n) is 5.33. The zero-order valence-corrected chi connectivity index (χ0v) is 22.2. The average molecular weight is 569 g/mol. The highest BCUT2D eigenvalue weighted by Gasteiger charge is 2.23. The van der Waals surface area contributed by atoms with Crippen molar-refractivity contribution in [2.24, 2.45) is 5.10 Å². The summed E-state index contributed by atoms with van der Waals surface area (Å²) < 4.78 is 8.03. The van der Waals surface area contributed by atoms with Crippen LogP contribution in [0.5, 0.6) is 5.75 Å². The fraction of sp³-hybridized carbons (Fsp3) is 0.185. The van der Waals surface area contributed by atoms with Crippen molar-refractivity contribution in [1.82, 2.24) is 9.66 Å². The van der Waals surface area contributed by atoms with Crippen LogP contribution in [0.1, 0.15) is 48.1 Å². The second-order valence-electron chi connectivity index (χ2n) is 9.18. The van der Waals surface area contributed by atoms with Gasteiger partial charge in [-0.3, -0.25) is 4.79 Å². The predicted molar refractivity (Wildman–Crippen MR) is 145 cm³/mol. The number of hydrogen-bond donors (Lipinski definition) is 1. The van der Waals surface area contributed by atoms with E-state index < -0.39 is 11.4 Å². The molecule has 0 aliphatic heterocycles. The molecule has 9 heteroatoms. The first-order valence-electron chi connectivity index (χ1n) is 11.0. The van der Waals surface area contributed by atoms with Gasteiger partial charge < -0.3 is 9.84 Å². The van der Waals surface area contributed by atoms with E-state index in [0.717, 1.165) is 4.47 Å². The van der Waals surface area contributed by atoms with E-state index in [4.69, 9.17) is 21.3 Å². The summed E-state index contributed by atoms with van der Waals surface area (Å²) in [5.74, 6) is -0.0217. The first-order chi connectivity index (χ1) is 17.0. The highest BCUT2D eigenvalue weighted by Crippen LogP contribution is 2.25. The van der Waals surface area contributed by atoms with Gasteiger partial charge in [0.1, 0.15) is 18.2 Å². The number of benzene rings is 3. The van der Waals surface area contributed by atoms with Crippen molar-refractivity contribution in [3.63, 3.8) is 0 Å². The van der Waals surface area contributed by atoms with Gasteiger partial charge in [-0.25, -0.2) is 9.78 Å². The summed E-state index contributed by atoms with van der Waals surface area (Å²) in [5.41, 5.74) is 1.27. The van der Waals surface area contributed by atoms with Crippen molar-refractivity contribution >= 4 is 50.6 Å². The van der Waals surface area contributed by atoms with Crippen LogP contribution in [0.25, 0.3) is 10.9 Å². The number of carboxylic acids is 1. The van der Waals surface area contributed by atoms with Crippen LogP contribution in [-0.2, 0) is 12.0 Å². The minimum Gasteiger partial charge on any atom is -0.488 e. The van der Waals surface area contributed by atoms with Gasteiger partial charge in [0.2, 0.25) is 0 Å².